The first-order valence-corrected chi connectivity index (χ1v) is 6.45. The molecule has 0 saturated carbocycles. The molecule has 0 aliphatic rings. The SMILES string of the molecule is CCOC(=O)CN(C)c1ccc(C(N)=S)c(C(F)(F)F)c1. The highest BCUT2D eigenvalue weighted by Gasteiger charge is 2.34. The summed E-state index contributed by atoms with van der Waals surface area (Å²) in [6, 6.07) is 3.53. The molecule has 116 valence electrons. The zero-order valence-electron chi connectivity index (χ0n) is 11.5. The Labute approximate surface area is 125 Å². The van der Waals surface area contributed by atoms with Gasteiger partial charge in [-0.1, -0.05) is 12.2 Å². The zero-order chi connectivity index (χ0) is 16.2. The molecular formula is C13H15F3N2O2S. The third-order valence-electron chi connectivity index (χ3n) is 2.69. The Bertz CT molecular complexity index is 547. The number of ether oxygens (including phenoxy) is 1. The lowest BCUT2D eigenvalue weighted by atomic mass is 10.1. The molecule has 0 aromatic heterocycles. The van der Waals surface area contributed by atoms with Crippen molar-refractivity contribution in [2.24, 2.45) is 5.73 Å². The number of nitrogens with zero attached hydrogens (tertiary/aromatic N) is 1. The Morgan fingerprint density at radius 3 is 2.52 bits per heavy atom. The number of rotatable bonds is 5. The zero-order valence-corrected chi connectivity index (χ0v) is 12.3. The molecule has 0 atom stereocenters. The van der Waals surface area contributed by atoms with Crippen LogP contribution in [0.4, 0.5) is 18.9 Å². The number of benzene rings is 1. The Kier molecular flexibility index (Phi) is 5.54. The van der Waals surface area contributed by atoms with Crippen molar-refractivity contribution in [1.29, 1.82) is 0 Å². The van der Waals surface area contributed by atoms with Crippen molar-refractivity contribution in [2.75, 3.05) is 25.1 Å². The molecule has 0 aliphatic heterocycles. The normalized spacial score (nSPS) is 11.1. The molecule has 0 radical (unpaired) electrons. The second kappa shape index (κ2) is 6.75. The van der Waals surface area contributed by atoms with Gasteiger partial charge >= 0.3 is 12.1 Å². The lowest BCUT2D eigenvalue weighted by Crippen LogP contribution is -2.28. The number of carbonyl (C=O) groups is 1. The number of hydrogen-bond donors (Lipinski definition) is 1. The number of likely N-dealkylation sites (N-methyl/N-ethyl adjacent to an activating group) is 1. The topological polar surface area (TPSA) is 55.6 Å². The van der Waals surface area contributed by atoms with Crippen LogP contribution in [0.15, 0.2) is 18.2 Å². The predicted octanol–water partition coefficient (Wildman–Crippen LogP) is 2.34. The smallest absolute Gasteiger partial charge is 0.417 e. The maximum atomic E-state index is 13.0. The fourth-order valence-corrected chi connectivity index (χ4v) is 1.89. The minimum Gasteiger partial charge on any atom is -0.465 e. The molecule has 0 saturated heterocycles. The fraction of sp³-hybridized carbons (Fsp3) is 0.385. The highest BCUT2D eigenvalue weighted by molar-refractivity contribution is 7.80. The molecule has 0 spiro atoms. The van der Waals surface area contributed by atoms with Crippen LogP contribution in [-0.2, 0) is 15.7 Å². The molecule has 1 aromatic rings. The van der Waals surface area contributed by atoms with Gasteiger partial charge in [-0.25, -0.2) is 0 Å². The van der Waals surface area contributed by atoms with Gasteiger partial charge in [0, 0.05) is 18.3 Å². The largest absolute Gasteiger partial charge is 0.465 e. The van der Waals surface area contributed by atoms with E-state index in [9.17, 15) is 18.0 Å². The predicted molar refractivity (Wildman–Crippen MR) is 77.2 cm³/mol. The summed E-state index contributed by atoms with van der Waals surface area (Å²) in [7, 11) is 1.49. The van der Waals surface area contributed by atoms with E-state index in [2.05, 4.69) is 12.2 Å². The van der Waals surface area contributed by atoms with E-state index in [1.807, 2.05) is 0 Å². The molecule has 0 fully saturated rings. The number of anilines is 1. The van der Waals surface area contributed by atoms with Crippen LogP contribution in [0, 0.1) is 0 Å². The van der Waals surface area contributed by atoms with Gasteiger partial charge in [-0.3, -0.25) is 4.79 Å². The standard InChI is InChI=1S/C13H15F3N2O2S/c1-3-20-11(19)7-18(2)8-4-5-9(12(17)21)10(6-8)13(14,15)16/h4-6H,3,7H2,1-2H3,(H2,17,21). The number of esters is 1. The maximum Gasteiger partial charge on any atom is 0.417 e. The Hall–Kier alpha value is -1.83. The van der Waals surface area contributed by atoms with Crippen LogP contribution >= 0.6 is 12.2 Å². The minimum absolute atomic E-state index is 0.155. The van der Waals surface area contributed by atoms with Gasteiger partial charge in [0.25, 0.3) is 0 Å². The van der Waals surface area contributed by atoms with Gasteiger partial charge in [-0.05, 0) is 25.1 Å². The molecule has 0 amide bonds. The summed E-state index contributed by atoms with van der Waals surface area (Å²) >= 11 is 4.62. The molecule has 1 aromatic carbocycles. The number of nitrogens with two attached hydrogens (primary N) is 1. The number of hydrogen-bond acceptors (Lipinski definition) is 4. The van der Waals surface area contributed by atoms with E-state index in [-0.39, 0.29) is 29.4 Å². The van der Waals surface area contributed by atoms with E-state index in [4.69, 9.17) is 10.5 Å². The second-order valence-electron chi connectivity index (χ2n) is 4.25. The first kappa shape index (κ1) is 17.2. The lowest BCUT2D eigenvalue weighted by Gasteiger charge is -2.21. The van der Waals surface area contributed by atoms with Gasteiger partial charge in [0.2, 0.25) is 0 Å². The van der Waals surface area contributed by atoms with Crippen LogP contribution in [0.2, 0.25) is 0 Å². The first-order valence-electron chi connectivity index (χ1n) is 6.04. The minimum atomic E-state index is -4.58. The highest BCUT2D eigenvalue weighted by Crippen LogP contribution is 2.34. The van der Waals surface area contributed by atoms with E-state index < -0.39 is 17.7 Å². The number of halogens is 3. The van der Waals surface area contributed by atoms with Crippen molar-refractivity contribution < 1.29 is 22.7 Å². The van der Waals surface area contributed by atoms with Crippen molar-refractivity contribution in [3.8, 4) is 0 Å². The molecule has 21 heavy (non-hydrogen) atoms. The van der Waals surface area contributed by atoms with E-state index >= 15 is 0 Å². The van der Waals surface area contributed by atoms with Crippen molar-refractivity contribution >= 4 is 28.9 Å². The van der Waals surface area contributed by atoms with E-state index in [0.717, 1.165) is 6.07 Å². The summed E-state index contributed by atoms with van der Waals surface area (Å²) in [5.41, 5.74) is 4.35. The Balaban J connectivity index is 3.11. The van der Waals surface area contributed by atoms with Gasteiger partial charge in [0.1, 0.15) is 11.5 Å². The third kappa shape index (κ3) is 4.59. The summed E-state index contributed by atoms with van der Waals surface area (Å²) < 4.78 is 43.8. The number of alkyl halides is 3. The molecule has 2 N–H and O–H groups in total. The molecule has 8 heteroatoms. The molecule has 4 nitrogen and oxygen atoms in total. The van der Waals surface area contributed by atoms with Crippen LogP contribution in [0.5, 0.6) is 0 Å². The van der Waals surface area contributed by atoms with E-state index in [0.29, 0.717) is 0 Å². The Morgan fingerprint density at radius 2 is 2.05 bits per heavy atom. The van der Waals surface area contributed by atoms with E-state index in [1.54, 1.807) is 6.92 Å². The monoisotopic (exact) mass is 320 g/mol. The first-order chi connectivity index (χ1) is 9.66. The van der Waals surface area contributed by atoms with Crippen molar-refractivity contribution in [3.63, 3.8) is 0 Å². The van der Waals surface area contributed by atoms with Crippen molar-refractivity contribution in [3.05, 3.63) is 29.3 Å². The average Bonchev–Trinajstić information content (AvgIpc) is 2.37. The van der Waals surface area contributed by atoms with Crippen LogP contribution in [0.25, 0.3) is 0 Å². The summed E-state index contributed by atoms with van der Waals surface area (Å²) in [6.45, 7) is 1.70. The third-order valence-corrected chi connectivity index (χ3v) is 2.91. The van der Waals surface area contributed by atoms with Crippen LogP contribution in [0.1, 0.15) is 18.1 Å². The molecule has 0 aliphatic carbocycles. The molecule has 1 rings (SSSR count). The summed E-state index contributed by atoms with van der Waals surface area (Å²) in [6.07, 6.45) is -4.58. The van der Waals surface area contributed by atoms with Crippen LogP contribution < -0.4 is 10.6 Å². The average molecular weight is 320 g/mol. The van der Waals surface area contributed by atoms with Gasteiger partial charge in [0.15, 0.2) is 0 Å². The number of carbonyl (C=O) groups excluding carboxylic acids is 1. The quantitative estimate of drug-likeness (QED) is 0.667. The van der Waals surface area contributed by atoms with Gasteiger partial charge in [-0.2, -0.15) is 13.2 Å². The van der Waals surface area contributed by atoms with E-state index in [1.165, 1.54) is 24.1 Å². The molecule has 0 unspecified atom stereocenters. The van der Waals surface area contributed by atoms with Gasteiger partial charge in [-0.15, -0.1) is 0 Å². The maximum absolute atomic E-state index is 13.0. The second-order valence-corrected chi connectivity index (χ2v) is 4.69. The molecule has 0 bridgehead atoms. The molecule has 0 heterocycles. The number of thiocarbonyl (C=S) groups is 1. The fourth-order valence-electron chi connectivity index (χ4n) is 1.71. The van der Waals surface area contributed by atoms with Gasteiger partial charge < -0.3 is 15.4 Å². The van der Waals surface area contributed by atoms with Crippen molar-refractivity contribution in [2.45, 2.75) is 13.1 Å². The Morgan fingerprint density at radius 1 is 1.43 bits per heavy atom. The summed E-state index contributed by atoms with van der Waals surface area (Å²) in [4.78, 5) is 12.4. The highest BCUT2D eigenvalue weighted by atomic mass is 32.1. The van der Waals surface area contributed by atoms with Crippen LogP contribution in [0.3, 0.4) is 0 Å². The van der Waals surface area contributed by atoms with Crippen molar-refractivity contribution in [1.82, 2.24) is 0 Å². The van der Waals surface area contributed by atoms with Crippen LogP contribution in [-0.4, -0.2) is 31.2 Å². The molecular weight excluding hydrogens is 305 g/mol. The summed E-state index contributed by atoms with van der Waals surface area (Å²) in [5.74, 6) is -0.521. The van der Waals surface area contributed by atoms with Gasteiger partial charge in [0.05, 0.1) is 12.2 Å². The lowest BCUT2D eigenvalue weighted by molar-refractivity contribution is -0.141. The summed E-state index contributed by atoms with van der Waals surface area (Å²) in [5, 5.41) is 0.